The van der Waals surface area contributed by atoms with Crippen LogP contribution < -0.4 is 5.73 Å². The largest absolute Gasteiger partial charge is 0.324 e. The van der Waals surface area contributed by atoms with Crippen LogP contribution >= 0.6 is 35.6 Å². The zero-order valence-corrected chi connectivity index (χ0v) is 10.2. The van der Waals surface area contributed by atoms with Gasteiger partial charge in [-0.15, -0.1) is 12.4 Å². The molecule has 0 aliphatic carbocycles. The number of nitrogens with zero attached hydrogens (tertiary/aromatic N) is 1. The first-order valence-electron chi connectivity index (χ1n) is 4.22. The molecule has 0 aliphatic rings. The van der Waals surface area contributed by atoms with E-state index in [-0.39, 0.29) is 18.4 Å². The molecular formula is C9H13Cl3N2. The van der Waals surface area contributed by atoms with Crippen LogP contribution in [0.1, 0.15) is 31.4 Å². The Balaban J connectivity index is 0.00000169. The first-order chi connectivity index (χ1) is 6.15. The highest BCUT2D eigenvalue weighted by molar-refractivity contribution is 6.32. The van der Waals surface area contributed by atoms with E-state index in [9.17, 15) is 0 Å². The average molecular weight is 256 g/mol. The molecule has 0 unspecified atom stereocenters. The fraction of sp³-hybridized carbons (Fsp3) is 0.444. The summed E-state index contributed by atoms with van der Waals surface area (Å²) in [6, 6.07) is 3.50. The van der Waals surface area contributed by atoms with E-state index in [4.69, 9.17) is 28.9 Å². The second-order valence-corrected chi connectivity index (χ2v) is 3.65. The molecule has 1 aromatic rings. The average Bonchev–Trinajstić information content (AvgIpc) is 2.04. The van der Waals surface area contributed by atoms with E-state index in [2.05, 4.69) is 11.9 Å². The lowest BCUT2D eigenvalue weighted by atomic mass is 10.1. The van der Waals surface area contributed by atoms with Gasteiger partial charge in [0.2, 0.25) is 0 Å². The van der Waals surface area contributed by atoms with Gasteiger partial charge in [0, 0.05) is 11.6 Å². The van der Waals surface area contributed by atoms with Crippen LogP contribution in [0.25, 0.3) is 0 Å². The highest BCUT2D eigenvalue weighted by Crippen LogP contribution is 2.24. The molecule has 1 aromatic heterocycles. The van der Waals surface area contributed by atoms with Gasteiger partial charge in [-0.05, 0) is 12.5 Å². The Morgan fingerprint density at radius 2 is 2.07 bits per heavy atom. The highest BCUT2D eigenvalue weighted by atomic mass is 35.5. The van der Waals surface area contributed by atoms with E-state index in [0.29, 0.717) is 10.3 Å². The van der Waals surface area contributed by atoms with E-state index in [1.165, 1.54) is 0 Å². The van der Waals surface area contributed by atoms with E-state index in [1.807, 2.05) is 6.07 Å². The van der Waals surface area contributed by atoms with Crippen molar-refractivity contribution in [1.82, 2.24) is 4.98 Å². The van der Waals surface area contributed by atoms with Gasteiger partial charge < -0.3 is 5.73 Å². The smallest absolute Gasteiger partial charge is 0.135 e. The number of halogens is 3. The van der Waals surface area contributed by atoms with Gasteiger partial charge in [0.05, 0.1) is 0 Å². The fourth-order valence-electron chi connectivity index (χ4n) is 1.17. The number of hydrogen-bond donors (Lipinski definition) is 1. The van der Waals surface area contributed by atoms with Gasteiger partial charge in [0.25, 0.3) is 0 Å². The minimum absolute atomic E-state index is 0. The summed E-state index contributed by atoms with van der Waals surface area (Å²) in [7, 11) is 0. The first-order valence-corrected chi connectivity index (χ1v) is 4.98. The molecule has 0 spiro atoms. The van der Waals surface area contributed by atoms with Gasteiger partial charge in [0.15, 0.2) is 0 Å². The standard InChI is InChI=1S/C9H12Cl2N2.ClH/c1-2-3-7(12)6-4-5-8(10)13-9(6)11;/h4-5,7H,2-3,12H2,1H3;1H/t7-;/m0./s1. The SMILES string of the molecule is CCC[C@H](N)c1ccc(Cl)nc1Cl.Cl. The molecule has 0 saturated heterocycles. The summed E-state index contributed by atoms with van der Waals surface area (Å²) in [6.45, 7) is 2.08. The molecule has 80 valence electrons. The van der Waals surface area contributed by atoms with Gasteiger partial charge in [-0.1, -0.05) is 42.6 Å². The summed E-state index contributed by atoms with van der Waals surface area (Å²) in [5.74, 6) is 0. The monoisotopic (exact) mass is 254 g/mol. The van der Waals surface area contributed by atoms with Crippen molar-refractivity contribution in [1.29, 1.82) is 0 Å². The van der Waals surface area contributed by atoms with Gasteiger partial charge in [0.1, 0.15) is 10.3 Å². The van der Waals surface area contributed by atoms with Gasteiger partial charge in [-0.2, -0.15) is 0 Å². The van der Waals surface area contributed by atoms with Crippen molar-refractivity contribution in [2.45, 2.75) is 25.8 Å². The maximum Gasteiger partial charge on any atom is 0.135 e. The summed E-state index contributed by atoms with van der Waals surface area (Å²) < 4.78 is 0. The van der Waals surface area contributed by atoms with Gasteiger partial charge >= 0.3 is 0 Å². The lowest BCUT2D eigenvalue weighted by Crippen LogP contribution is -2.10. The van der Waals surface area contributed by atoms with Gasteiger partial charge in [-0.3, -0.25) is 0 Å². The third-order valence-corrected chi connectivity index (χ3v) is 2.36. The maximum absolute atomic E-state index is 5.89. The summed E-state index contributed by atoms with van der Waals surface area (Å²) in [5.41, 5.74) is 6.76. The Labute approximate surface area is 100 Å². The fourth-order valence-corrected chi connectivity index (χ4v) is 1.65. The molecule has 0 bridgehead atoms. The second kappa shape index (κ2) is 6.46. The minimum Gasteiger partial charge on any atom is -0.324 e. The maximum atomic E-state index is 5.89. The summed E-state index contributed by atoms with van der Waals surface area (Å²) in [6.07, 6.45) is 1.93. The van der Waals surface area contributed by atoms with Gasteiger partial charge in [-0.25, -0.2) is 4.98 Å². The van der Waals surface area contributed by atoms with E-state index in [0.717, 1.165) is 18.4 Å². The van der Waals surface area contributed by atoms with Crippen molar-refractivity contribution in [2.75, 3.05) is 0 Å². The van der Waals surface area contributed by atoms with Crippen molar-refractivity contribution in [2.24, 2.45) is 5.73 Å². The summed E-state index contributed by atoms with van der Waals surface area (Å²) in [5, 5.41) is 0.811. The molecule has 2 nitrogen and oxygen atoms in total. The van der Waals surface area contributed by atoms with Crippen molar-refractivity contribution in [3.63, 3.8) is 0 Å². The van der Waals surface area contributed by atoms with Crippen molar-refractivity contribution < 1.29 is 0 Å². The second-order valence-electron chi connectivity index (χ2n) is 2.91. The zero-order valence-electron chi connectivity index (χ0n) is 7.84. The molecule has 0 fully saturated rings. The van der Waals surface area contributed by atoms with Crippen LogP contribution in [0, 0.1) is 0 Å². The molecule has 0 aliphatic heterocycles. The number of rotatable bonds is 3. The lowest BCUT2D eigenvalue weighted by Gasteiger charge is -2.11. The van der Waals surface area contributed by atoms with Crippen molar-refractivity contribution in [3.8, 4) is 0 Å². The highest BCUT2D eigenvalue weighted by Gasteiger charge is 2.10. The van der Waals surface area contributed by atoms with Crippen LogP contribution in [-0.2, 0) is 0 Å². The zero-order chi connectivity index (χ0) is 9.84. The van der Waals surface area contributed by atoms with Crippen LogP contribution in [0.4, 0.5) is 0 Å². The van der Waals surface area contributed by atoms with E-state index in [1.54, 1.807) is 6.07 Å². The first kappa shape index (κ1) is 14.0. The quantitative estimate of drug-likeness (QED) is 0.838. The van der Waals surface area contributed by atoms with Crippen LogP contribution in [0.2, 0.25) is 10.3 Å². The number of pyridine rings is 1. The Morgan fingerprint density at radius 1 is 1.43 bits per heavy atom. The summed E-state index contributed by atoms with van der Waals surface area (Å²) in [4.78, 5) is 3.93. The molecule has 0 radical (unpaired) electrons. The molecule has 1 heterocycles. The topological polar surface area (TPSA) is 38.9 Å². The number of nitrogens with two attached hydrogens (primary N) is 1. The van der Waals surface area contributed by atoms with Crippen molar-refractivity contribution >= 4 is 35.6 Å². The molecule has 2 N–H and O–H groups in total. The predicted octanol–water partition coefficient (Wildman–Crippen LogP) is 3.61. The van der Waals surface area contributed by atoms with Crippen LogP contribution in [0.15, 0.2) is 12.1 Å². The molecule has 1 rings (SSSR count). The number of hydrogen-bond acceptors (Lipinski definition) is 2. The lowest BCUT2D eigenvalue weighted by molar-refractivity contribution is 0.636. The molecule has 0 saturated carbocycles. The number of aromatic nitrogens is 1. The third kappa shape index (κ3) is 3.62. The van der Waals surface area contributed by atoms with E-state index < -0.39 is 0 Å². The van der Waals surface area contributed by atoms with E-state index >= 15 is 0 Å². The Bertz CT molecular complexity index is 291. The molecule has 0 aromatic carbocycles. The van der Waals surface area contributed by atoms with Crippen LogP contribution in [0.3, 0.4) is 0 Å². The predicted molar refractivity (Wildman–Crippen MR) is 63.3 cm³/mol. The normalized spacial score (nSPS) is 12.0. The Morgan fingerprint density at radius 3 is 2.57 bits per heavy atom. The molecule has 14 heavy (non-hydrogen) atoms. The third-order valence-electron chi connectivity index (χ3n) is 1.84. The van der Waals surface area contributed by atoms with Crippen LogP contribution in [0.5, 0.6) is 0 Å². The molecule has 5 heteroatoms. The Hall–Kier alpha value is -0.0200. The Kier molecular flexibility index (Phi) is 6.45. The van der Waals surface area contributed by atoms with Crippen LogP contribution in [-0.4, -0.2) is 4.98 Å². The molecule has 0 amide bonds. The molecular weight excluding hydrogens is 242 g/mol. The minimum atomic E-state index is -0.0396. The molecule has 1 atom stereocenters. The summed E-state index contributed by atoms with van der Waals surface area (Å²) >= 11 is 11.5. The van der Waals surface area contributed by atoms with Crippen molar-refractivity contribution in [3.05, 3.63) is 28.0 Å².